The molecule has 0 nitrogen and oxygen atoms in total. The summed E-state index contributed by atoms with van der Waals surface area (Å²) >= 11 is 0. The maximum absolute atomic E-state index is 13.5. The summed E-state index contributed by atoms with van der Waals surface area (Å²) in [4.78, 5) is 0. The van der Waals surface area contributed by atoms with Gasteiger partial charge < -0.3 is 0 Å². The predicted octanol–water partition coefficient (Wildman–Crippen LogP) is 4.17. The van der Waals surface area contributed by atoms with Crippen LogP contribution in [0.3, 0.4) is 0 Å². The lowest BCUT2D eigenvalue weighted by atomic mass is 9.66. The van der Waals surface area contributed by atoms with Crippen molar-refractivity contribution in [3.05, 3.63) is 34.6 Å². The van der Waals surface area contributed by atoms with Crippen LogP contribution in [0.5, 0.6) is 0 Å². The van der Waals surface area contributed by atoms with Crippen molar-refractivity contribution in [1.29, 1.82) is 0 Å². The summed E-state index contributed by atoms with van der Waals surface area (Å²) in [5.74, 6) is 1.40. The first-order chi connectivity index (χ1) is 6.54. The zero-order valence-electron chi connectivity index (χ0n) is 9.26. The van der Waals surface area contributed by atoms with E-state index in [1.165, 1.54) is 11.1 Å². The van der Waals surface area contributed by atoms with Crippen molar-refractivity contribution < 1.29 is 4.39 Å². The summed E-state index contributed by atoms with van der Waals surface area (Å²) in [6.07, 6.45) is 0. The third-order valence-corrected chi connectivity index (χ3v) is 3.55. The van der Waals surface area contributed by atoms with Crippen molar-refractivity contribution >= 4 is 0 Å². The van der Waals surface area contributed by atoms with E-state index in [0.717, 1.165) is 5.56 Å². The van der Waals surface area contributed by atoms with Gasteiger partial charge in [-0.2, -0.15) is 0 Å². The lowest BCUT2D eigenvalue weighted by molar-refractivity contribution is 0.480. The standard InChI is InChI=1S/C13H17F/c1-7(2)10-5-6-11(14)13-9(4)8(3)12(10)13/h5-9H,1-4H3. The minimum Gasteiger partial charge on any atom is -0.207 e. The molecule has 0 fully saturated rings. The Labute approximate surface area is 85.1 Å². The molecule has 1 aliphatic rings. The molecule has 0 spiro atoms. The molecule has 0 amide bonds. The van der Waals surface area contributed by atoms with Crippen LogP contribution in [0, 0.1) is 5.82 Å². The Kier molecular flexibility index (Phi) is 2.13. The van der Waals surface area contributed by atoms with E-state index >= 15 is 0 Å². The van der Waals surface area contributed by atoms with Gasteiger partial charge in [-0.05, 0) is 40.5 Å². The van der Waals surface area contributed by atoms with E-state index in [0.29, 0.717) is 17.8 Å². The molecule has 1 aliphatic carbocycles. The maximum atomic E-state index is 13.5. The number of hydrogen-bond acceptors (Lipinski definition) is 0. The minimum absolute atomic E-state index is 0.0185. The quantitative estimate of drug-likeness (QED) is 0.626. The van der Waals surface area contributed by atoms with Crippen molar-refractivity contribution in [1.82, 2.24) is 0 Å². The molecule has 14 heavy (non-hydrogen) atoms. The molecule has 0 N–H and O–H groups in total. The number of halogens is 1. The molecule has 0 saturated carbocycles. The second-order valence-electron chi connectivity index (χ2n) is 4.70. The van der Waals surface area contributed by atoms with E-state index in [4.69, 9.17) is 0 Å². The summed E-state index contributed by atoms with van der Waals surface area (Å²) in [5, 5.41) is 0. The third-order valence-electron chi connectivity index (χ3n) is 3.55. The van der Waals surface area contributed by atoms with Crippen LogP contribution in [0.15, 0.2) is 12.1 Å². The smallest absolute Gasteiger partial charge is 0.126 e. The van der Waals surface area contributed by atoms with Gasteiger partial charge in [-0.15, -0.1) is 0 Å². The molecule has 0 radical (unpaired) electrons. The molecular weight excluding hydrogens is 175 g/mol. The summed E-state index contributed by atoms with van der Waals surface area (Å²) in [6.45, 7) is 8.64. The molecule has 1 aromatic carbocycles. The Morgan fingerprint density at radius 3 is 2.21 bits per heavy atom. The topological polar surface area (TPSA) is 0 Å². The predicted molar refractivity (Wildman–Crippen MR) is 57.3 cm³/mol. The fraction of sp³-hybridized carbons (Fsp3) is 0.538. The normalized spacial score (nSPS) is 24.7. The highest BCUT2D eigenvalue weighted by molar-refractivity contribution is 5.50. The molecular formula is C13H17F. The van der Waals surface area contributed by atoms with Crippen molar-refractivity contribution in [2.75, 3.05) is 0 Å². The Bertz CT molecular complexity index is 366. The second kappa shape index (κ2) is 3.08. The average Bonchev–Trinajstić information content (AvgIpc) is 2.15. The highest BCUT2D eigenvalue weighted by Gasteiger charge is 2.35. The van der Waals surface area contributed by atoms with Crippen LogP contribution < -0.4 is 0 Å². The van der Waals surface area contributed by atoms with Gasteiger partial charge in [-0.25, -0.2) is 4.39 Å². The molecule has 1 heteroatoms. The number of hydrogen-bond donors (Lipinski definition) is 0. The molecule has 0 aliphatic heterocycles. The largest absolute Gasteiger partial charge is 0.207 e. The highest BCUT2D eigenvalue weighted by Crippen LogP contribution is 2.50. The fourth-order valence-electron chi connectivity index (χ4n) is 2.50. The number of fused-ring (bicyclic) bond motifs is 1. The number of benzene rings is 1. The summed E-state index contributed by atoms with van der Waals surface area (Å²) in [5.41, 5.74) is 3.56. The molecule has 76 valence electrons. The van der Waals surface area contributed by atoms with Gasteiger partial charge >= 0.3 is 0 Å². The van der Waals surface area contributed by atoms with E-state index in [1.54, 1.807) is 6.07 Å². The Hall–Kier alpha value is -0.850. The molecule has 2 unspecified atom stereocenters. The van der Waals surface area contributed by atoms with Gasteiger partial charge in [0.15, 0.2) is 0 Å². The molecule has 0 bridgehead atoms. The van der Waals surface area contributed by atoms with Crippen molar-refractivity contribution in [2.45, 2.75) is 45.4 Å². The first kappa shape index (κ1) is 9.70. The van der Waals surface area contributed by atoms with Gasteiger partial charge in [0.05, 0.1) is 0 Å². The van der Waals surface area contributed by atoms with Crippen LogP contribution in [0.1, 0.15) is 62.1 Å². The van der Waals surface area contributed by atoms with Crippen LogP contribution in [0.4, 0.5) is 4.39 Å². The zero-order valence-corrected chi connectivity index (χ0v) is 9.26. The first-order valence-corrected chi connectivity index (χ1v) is 5.36. The summed E-state index contributed by atoms with van der Waals surface area (Å²) in [7, 11) is 0. The molecule has 0 heterocycles. The Balaban J connectivity index is 2.59. The second-order valence-corrected chi connectivity index (χ2v) is 4.70. The van der Waals surface area contributed by atoms with Crippen molar-refractivity contribution in [3.63, 3.8) is 0 Å². The van der Waals surface area contributed by atoms with Crippen LogP contribution in [0.25, 0.3) is 0 Å². The Morgan fingerprint density at radius 2 is 1.64 bits per heavy atom. The minimum atomic E-state index is -0.0185. The van der Waals surface area contributed by atoms with E-state index in [2.05, 4.69) is 27.7 Å². The fourth-order valence-corrected chi connectivity index (χ4v) is 2.50. The van der Waals surface area contributed by atoms with E-state index in [1.807, 2.05) is 6.07 Å². The molecule has 0 aromatic heterocycles. The molecule has 1 aromatic rings. The lowest BCUT2D eigenvalue weighted by Gasteiger charge is -2.38. The SMILES string of the molecule is CC(C)c1ccc(F)c2c1C(C)C2C. The highest BCUT2D eigenvalue weighted by atomic mass is 19.1. The molecule has 2 atom stereocenters. The Morgan fingerprint density at radius 1 is 1.07 bits per heavy atom. The zero-order chi connectivity index (χ0) is 10.5. The lowest BCUT2D eigenvalue weighted by Crippen LogP contribution is -2.24. The molecule has 2 rings (SSSR count). The summed E-state index contributed by atoms with van der Waals surface area (Å²) in [6, 6.07) is 3.57. The summed E-state index contributed by atoms with van der Waals surface area (Å²) < 4.78 is 13.5. The van der Waals surface area contributed by atoms with Crippen LogP contribution >= 0.6 is 0 Å². The first-order valence-electron chi connectivity index (χ1n) is 5.36. The van der Waals surface area contributed by atoms with E-state index < -0.39 is 0 Å². The van der Waals surface area contributed by atoms with Crippen LogP contribution in [-0.4, -0.2) is 0 Å². The molecule has 0 saturated heterocycles. The van der Waals surface area contributed by atoms with Crippen molar-refractivity contribution in [2.24, 2.45) is 0 Å². The van der Waals surface area contributed by atoms with E-state index in [9.17, 15) is 4.39 Å². The number of rotatable bonds is 1. The monoisotopic (exact) mass is 192 g/mol. The van der Waals surface area contributed by atoms with Crippen LogP contribution in [-0.2, 0) is 0 Å². The van der Waals surface area contributed by atoms with E-state index in [-0.39, 0.29) is 5.82 Å². The van der Waals surface area contributed by atoms with Gasteiger partial charge in [0, 0.05) is 0 Å². The van der Waals surface area contributed by atoms with Gasteiger partial charge in [0.1, 0.15) is 5.82 Å². The maximum Gasteiger partial charge on any atom is 0.126 e. The average molecular weight is 192 g/mol. The van der Waals surface area contributed by atoms with Crippen LogP contribution in [0.2, 0.25) is 0 Å². The van der Waals surface area contributed by atoms with Gasteiger partial charge in [-0.1, -0.05) is 33.8 Å². The van der Waals surface area contributed by atoms with Gasteiger partial charge in [0.2, 0.25) is 0 Å². The van der Waals surface area contributed by atoms with Crippen molar-refractivity contribution in [3.8, 4) is 0 Å². The van der Waals surface area contributed by atoms with Gasteiger partial charge in [0.25, 0.3) is 0 Å². The van der Waals surface area contributed by atoms with Gasteiger partial charge in [-0.3, -0.25) is 0 Å². The third kappa shape index (κ3) is 1.11.